The lowest BCUT2D eigenvalue weighted by atomic mass is 9.53. The molecule has 0 heteroatoms. The molecule has 0 bridgehead atoms. The molecule has 0 heterocycles. The van der Waals surface area contributed by atoms with Gasteiger partial charge in [-0.1, -0.05) is 57.5 Å². The Hall–Kier alpha value is -0.780. The van der Waals surface area contributed by atoms with Crippen LogP contribution in [-0.4, -0.2) is 0 Å². The highest BCUT2D eigenvalue weighted by molar-refractivity contribution is 5.14. The van der Waals surface area contributed by atoms with Gasteiger partial charge < -0.3 is 0 Å². The summed E-state index contributed by atoms with van der Waals surface area (Å²) >= 11 is 0. The first kappa shape index (κ1) is 12.7. The molecule has 1 aromatic rings. The fraction of sp³-hybridized carbons (Fsp3) is 0.647. The molecule has 1 saturated carbocycles. The molecule has 2 rings (SSSR count). The zero-order valence-corrected chi connectivity index (χ0v) is 11.6. The predicted octanol–water partition coefficient (Wildman–Crippen LogP) is 5.08. The average molecular weight is 230 g/mol. The van der Waals surface area contributed by atoms with Gasteiger partial charge in [0.2, 0.25) is 0 Å². The molecule has 0 N–H and O–H groups in total. The van der Waals surface area contributed by atoms with Crippen molar-refractivity contribution in [3.63, 3.8) is 0 Å². The maximum absolute atomic E-state index is 2.47. The van der Waals surface area contributed by atoms with Crippen molar-refractivity contribution in [2.45, 2.75) is 52.9 Å². The van der Waals surface area contributed by atoms with Gasteiger partial charge in [-0.25, -0.2) is 0 Å². The Morgan fingerprint density at radius 1 is 1.12 bits per heavy atom. The summed E-state index contributed by atoms with van der Waals surface area (Å²) in [7, 11) is 0. The Morgan fingerprint density at radius 2 is 1.82 bits per heavy atom. The topological polar surface area (TPSA) is 0 Å². The summed E-state index contributed by atoms with van der Waals surface area (Å²) in [6.45, 7) is 7.28. The van der Waals surface area contributed by atoms with Gasteiger partial charge in [0.25, 0.3) is 0 Å². The van der Waals surface area contributed by atoms with E-state index in [0.717, 1.165) is 11.8 Å². The molecule has 0 amide bonds. The fourth-order valence-corrected chi connectivity index (χ4v) is 3.50. The van der Waals surface area contributed by atoms with Crippen molar-refractivity contribution in [3.05, 3.63) is 35.9 Å². The highest BCUT2D eigenvalue weighted by Gasteiger charge is 2.45. The van der Waals surface area contributed by atoms with E-state index in [1.807, 2.05) is 0 Å². The number of hydrogen-bond acceptors (Lipinski definition) is 0. The van der Waals surface area contributed by atoms with E-state index in [2.05, 4.69) is 51.1 Å². The standard InChI is InChI=1S/C17H26/c1-4-15-13-16(17(15,2)3)12-8-11-14-9-6-5-7-10-14/h5-7,9-10,15-16H,4,8,11-13H2,1-3H3/t15-,16+/m1/s1. The van der Waals surface area contributed by atoms with Gasteiger partial charge >= 0.3 is 0 Å². The van der Waals surface area contributed by atoms with Gasteiger partial charge in [-0.15, -0.1) is 0 Å². The van der Waals surface area contributed by atoms with Crippen LogP contribution in [0, 0.1) is 17.3 Å². The van der Waals surface area contributed by atoms with Crippen molar-refractivity contribution in [2.24, 2.45) is 17.3 Å². The van der Waals surface area contributed by atoms with Crippen LogP contribution in [0.2, 0.25) is 0 Å². The first-order valence-corrected chi connectivity index (χ1v) is 7.18. The quantitative estimate of drug-likeness (QED) is 0.661. The van der Waals surface area contributed by atoms with Crippen LogP contribution in [0.4, 0.5) is 0 Å². The summed E-state index contributed by atoms with van der Waals surface area (Å²) in [5.41, 5.74) is 2.10. The molecule has 1 aromatic carbocycles. The van der Waals surface area contributed by atoms with Gasteiger partial charge in [0.15, 0.2) is 0 Å². The normalized spacial score (nSPS) is 26.5. The van der Waals surface area contributed by atoms with Gasteiger partial charge in [0.1, 0.15) is 0 Å². The molecule has 2 atom stereocenters. The second-order valence-corrected chi connectivity index (χ2v) is 6.24. The van der Waals surface area contributed by atoms with E-state index in [0.29, 0.717) is 5.41 Å². The number of aryl methyl sites for hydroxylation is 1. The van der Waals surface area contributed by atoms with Crippen molar-refractivity contribution >= 4 is 0 Å². The van der Waals surface area contributed by atoms with Crippen LogP contribution >= 0.6 is 0 Å². The predicted molar refractivity (Wildman–Crippen MR) is 75.0 cm³/mol. The lowest BCUT2D eigenvalue weighted by Gasteiger charge is -2.52. The first-order chi connectivity index (χ1) is 8.14. The van der Waals surface area contributed by atoms with Crippen molar-refractivity contribution in [1.29, 1.82) is 0 Å². The Morgan fingerprint density at radius 3 is 2.41 bits per heavy atom. The molecule has 0 nitrogen and oxygen atoms in total. The van der Waals surface area contributed by atoms with Crippen LogP contribution in [0.15, 0.2) is 30.3 Å². The van der Waals surface area contributed by atoms with Gasteiger partial charge in [0, 0.05) is 0 Å². The maximum atomic E-state index is 2.47. The van der Waals surface area contributed by atoms with Crippen LogP contribution in [0.25, 0.3) is 0 Å². The highest BCUT2D eigenvalue weighted by Crippen LogP contribution is 2.54. The van der Waals surface area contributed by atoms with E-state index in [4.69, 9.17) is 0 Å². The van der Waals surface area contributed by atoms with Crippen LogP contribution in [-0.2, 0) is 6.42 Å². The van der Waals surface area contributed by atoms with E-state index in [1.54, 1.807) is 0 Å². The molecule has 0 aliphatic heterocycles. The summed E-state index contributed by atoms with van der Waals surface area (Å²) in [4.78, 5) is 0. The van der Waals surface area contributed by atoms with E-state index in [9.17, 15) is 0 Å². The molecular weight excluding hydrogens is 204 g/mol. The monoisotopic (exact) mass is 230 g/mol. The summed E-state index contributed by atoms with van der Waals surface area (Å²) in [6, 6.07) is 10.9. The molecule has 17 heavy (non-hydrogen) atoms. The molecule has 1 aliphatic rings. The van der Waals surface area contributed by atoms with Crippen LogP contribution in [0.1, 0.15) is 52.0 Å². The number of hydrogen-bond donors (Lipinski definition) is 0. The van der Waals surface area contributed by atoms with Gasteiger partial charge in [-0.05, 0) is 48.5 Å². The van der Waals surface area contributed by atoms with Crippen molar-refractivity contribution in [1.82, 2.24) is 0 Å². The Kier molecular flexibility index (Phi) is 3.91. The molecule has 0 spiro atoms. The minimum Gasteiger partial charge on any atom is -0.0651 e. The SMILES string of the molecule is CC[C@@H]1C[C@H](CCCc2ccccc2)C1(C)C. The molecule has 0 radical (unpaired) electrons. The van der Waals surface area contributed by atoms with Crippen molar-refractivity contribution in [3.8, 4) is 0 Å². The minimum absolute atomic E-state index is 0.603. The molecule has 0 saturated heterocycles. The van der Waals surface area contributed by atoms with E-state index < -0.39 is 0 Å². The summed E-state index contributed by atoms with van der Waals surface area (Å²) in [5.74, 6) is 1.94. The molecular formula is C17H26. The fourth-order valence-electron chi connectivity index (χ4n) is 3.50. The van der Waals surface area contributed by atoms with Crippen LogP contribution in [0.5, 0.6) is 0 Å². The second-order valence-electron chi connectivity index (χ2n) is 6.24. The van der Waals surface area contributed by atoms with Crippen LogP contribution in [0.3, 0.4) is 0 Å². The molecule has 0 aromatic heterocycles. The van der Waals surface area contributed by atoms with Gasteiger partial charge in [-0.2, -0.15) is 0 Å². The number of benzene rings is 1. The third kappa shape index (κ3) is 2.73. The third-order valence-electron chi connectivity index (χ3n) is 5.03. The van der Waals surface area contributed by atoms with Crippen molar-refractivity contribution in [2.75, 3.05) is 0 Å². The van der Waals surface area contributed by atoms with Gasteiger partial charge in [-0.3, -0.25) is 0 Å². The lowest BCUT2D eigenvalue weighted by Crippen LogP contribution is -2.44. The summed E-state index contributed by atoms with van der Waals surface area (Å²) in [5, 5.41) is 0. The van der Waals surface area contributed by atoms with Crippen molar-refractivity contribution < 1.29 is 0 Å². The zero-order valence-electron chi connectivity index (χ0n) is 11.6. The minimum atomic E-state index is 0.603. The zero-order chi connectivity index (χ0) is 12.3. The molecule has 94 valence electrons. The molecule has 1 fully saturated rings. The maximum Gasteiger partial charge on any atom is -0.0279 e. The lowest BCUT2D eigenvalue weighted by molar-refractivity contribution is -0.0282. The average Bonchev–Trinajstić information content (AvgIpc) is 2.34. The molecule has 1 aliphatic carbocycles. The highest BCUT2D eigenvalue weighted by atomic mass is 14.5. The first-order valence-electron chi connectivity index (χ1n) is 7.18. The Labute approximate surface area is 106 Å². The van der Waals surface area contributed by atoms with Gasteiger partial charge in [0.05, 0.1) is 0 Å². The third-order valence-corrected chi connectivity index (χ3v) is 5.03. The second kappa shape index (κ2) is 5.25. The van der Waals surface area contributed by atoms with E-state index in [-0.39, 0.29) is 0 Å². The number of rotatable bonds is 5. The largest absolute Gasteiger partial charge is 0.0651 e. The Balaban J connectivity index is 1.74. The summed E-state index contributed by atoms with van der Waals surface area (Å²) < 4.78 is 0. The van der Waals surface area contributed by atoms with Crippen LogP contribution < -0.4 is 0 Å². The van der Waals surface area contributed by atoms with E-state index >= 15 is 0 Å². The summed E-state index contributed by atoms with van der Waals surface area (Å²) in [6.07, 6.45) is 6.86. The molecule has 0 unspecified atom stereocenters. The Bertz CT molecular complexity index is 336. The van der Waals surface area contributed by atoms with E-state index in [1.165, 1.54) is 37.7 Å². The smallest absolute Gasteiger partial charge is 0.0279 e.